The molecule has 1 amide bonds. The lowest BCUT2D eigenvalue weighted by Crippen LogP contribution is -2.39. The number of hydrogen-bond acceptors (Lipinski definition) is 5. The van der Waals surface area contributed by atoms with E-state index in [-0.39, 0.29) is 10.6 Å². The summed E-state index contributed by atoms with van der Waals surface area (Å²) in [5.74, 6) is -0.610. The van der Waals surface area contributed by atoms with Gasteiger partial charge in [-0.25, -0.2) is 13.8 Å². The van der Waals surface area contributed by atoms with Gasteiger partial charge in [-0.2, -0.15) is 5.10 Å². The van der Waals surface area contributed by atoms with Crippen LogP contribution in [-0.4, -0.2) is 32.2 Å². The van der Waals surface area contributed by atoms with Gasteiger partial charge in [0.25, 0.3) is 15.9 Å². The van der Waals surface area contributed by atoms with E-state index in [1.54, 1.807) is 54.6 Å². The number of phenolic OH excluding ortho intramolecular Hbond substituents is 1. The Morgan fingerprint density at radius 2 is 1.62 bits per heavy atom. The van der Waals surface area contributed by atoms with Gasteiger partial charge in [0.2, 0.25) is 0 Å². The first-order chi connectivity index (χ1) is 16.4. The first-order valence-corrected chi connectivity index (χ1v) is 12.0. The average Bonchev–Trinajstić information content (AvgIpc) is 2.85. The van der Waals surface area contributed by atoms with Crippen molar-refractivity contribution in [3.63, 3.8) is 0 Å². The van der Waals surface area contributed by atoms with Crippen molar-refractivity contribution < 1.29 is 18.3 Å². The lowest BCUT2D eigenvalue weighted by Gasteiger charge is -2.23. The standard InChI is InChI=1S/C26H23N3O4S/c1-19-11-14-21(15-12-19)29(34(32,33)22-8-3-2-4-9-22)18-26(31)28-27-17-24-23-10-6-5-7-20(23)13-16-25(24)30/h2-17,30H,18H2,1H3,(H,28,31). The number of nitrogens with zero attached hydrogens (tertiary/aromatic N) is 2. The molecule has 0 aliphatic heterocycles. The van der Waals surface area contributed by atoms with E-state index < -0.39 is 22.5 Å². The third-order valence-electron chi connectivity index (χ3n) is 5.27. The Bertz CT molecular complexity index is 1450. The van der Waals surface area contributed by atoms with Crippen molar-refractivity contribution in [2.75, 3.05) is 10.8 Å². The number of aryl methyl sites for hydroxylation is 1. The molecule has 2 N–H and O–H groups in total. The predicted octanol–water partition coefficient (Wildman–Crippen LogP) is 4.20. The molecule has 0 aromatic heterocycles. The molecule has 0 saturated heterocycles. The number of nitrogens with one attached hydrogen (secondary N) is 1. The summed E-state index contributed by atoms with van der Waals surface area (Å²) in [4.78, 5) is 12.8. The fourth-order valence-corrected chi connectivity index (χ4v) is 4.94. The number of carbonyl (C=O) groups excluding carboxylic acids is 1. The van der Waals surface area contributed by atoms with Crippen molar-refractivity contribution in [1.82, 2.24) is 5.43 Å². The lowest BCUT2D eigenvalue weighted by atomic mass is 10.0. The fourth-order valence-electron chi connectivity index (χ4n) is 3.50. The van der Waals surface area contributed by atoms with Crippen molar-refractivity contribution >= 4 is 38.6 Å². The molecule has 0 aliphatic carbocycles. The topological polar surface area (TPSA) is 99.1 Å². The van der Waals surface area contributed by atoms with Crippen molar-refractivity contribution in [1.29, 1.82) is 0 Å². The molecule has 4 aromatic rings. The highest BCUT2D eigenvalue weighted by atomic mass is 32.2. The zero-order chi connectivity index (χ0) is 24.1. The van der Waals surface area contributed by atoms with Crippen LogP contribution in [0, 0.1) is 6.92 Å². The summed E-state index contributed by atoms with van der Waals surface area (Å²) in [5.41, 5.74) is 4.15. The second kappa shape index (κ2) is 9.76. The summed E-state index contributed by atoms with van der Waals surface area (Å²) in [6, 6.07) is 25.6. The number of rotatable bonds is 7. The van der Waals surface area contributed by atoms with Crippen LogP contribution in [-0.2, 0) is 14.8 Å². The van der Waals surface area contributed by atoms with Gasteiger partial charge < -0.3 is 5.11 Å². The Morgan fingerprint density at radius 1 is 0.941 bits per heavy atom. The second-order valence-electron chi connectivity index (χ2n) is 7.67. The number of anilines is 1. The minimum absolute atomic E-state index is 0.0182. The molecule has 172 valence electrons. The first kappa shape index (κ1) is 23.0. The Balaban J connectivity index is 1.58. The maximum absolute atomic E-state index is 13.3. The van der Waals surface area contributed by atoms with Gasteiger partial charge in [-0.15, -0.1) is 0 Å². The van der Waals surface area contributed by atoms with Crippen LogP contribution < -0.4 is 9.73 Å². The summed E-state index contributed by atoms with van der Waals surface area (Å²) in [5, 5.41) is 15.9. The maximum Gasteiger partial charge on any atom is 0.264 e. The Hall–Kier alpha value is -4.17. The lowest BCUT2D eigenvalue weighted by molar-refractivity contribution is -0.119. The van der Waals surface area contributed by atoms with Crippen LogP contribution in [0.5, 0.6) is 5.75 Å². The molecule has 4 rings (SSSR count). The van der Waals surface area contributed by atoms with E-state index in [9.17, 15) is 18.3 Å². The first-order valence-electron chi connectivity index (χ1n) is 10.5. The predicted molar refractivity (Wildman–Crippen MR) is 134 cm³/mol. The van der Waals surface area contributed by atoms with Crippen molar-refractivity contribution in [2.45, 2.75) is 11.8 Å². The summed E-state index contributed by atoms with van der Waals surface area (Å²) in [7, 11) is -3.99. The maximum atomic E-state index is 13.3. The van der Waals surface area contributed by atoms with Crippen LogP contribution >= 0.6 is 0 Å². The Morgan fingerprint density at radius 3 is 2.35 bits per heavy atom. The van der Waals surface area contributed by atoms with Crippen molar-refractivity contribution in [2.24, 2.45) is 5.10 Å². The highest BCUT2D eigenvalue weighted by molar-refractivity contribution is 7.92. The number of amides is 1. The number of carbonyl (C=O) groups is 1. The molecule has 4 aromatic carbocycles. The molecular formula is C26H23N3O4S. The van der Waals surface area contributed by atoms with E-state index >= 15 is 0 Å². The number of sulfonamides is 1. The minimum Gasteiger partial charge on any atom is -0.507 e. The molecule has 0 heterocycles. The molecular weight excluding hydrogens is 450 g/mol. The van der Waals surface area contributed by atoms with E-state index in [1.807, 2.05) is 31.2 Å². The van der Waals surface area contributed by atoms with Gasteiger partial charge >= 0.3 is 0 Å². The number of benzene rings is 4. The monoisotopic (exact) mass is 473 g/mol. The van der Waals surface area contributed by atoms with Gasteiger partial charge in [-0.1, -0.05) is 66.2 Å². The molecule has 0 aliphatic rings. The third-order valence-corrected chi connectivity index (χ3v) is 7.06. The molecule has 0 radical (unpaired) electrons. The number of hydrogen-bond donors (Lipinski definition) is 2. The Labute approximate surface area is 198 Å². The van der Waals surface area contributed by atoms with Crippen LogP contribution in [0.4, 0.5) is 5.69 Å². The zero-order valence-electron chi connectivity index (χ0n) is 18.4. The number of aromatic hydroxyl groups is 1. The number of fused-ring (bicyclic) bond motifs is 1. The number of hydrazone groups is 1. The normalized spacial score (nSPS) is 11.6. The molecule has 0 spiro atoms. The fraction of sp³-hybridized carbons (Fsp3) is 0.0769. The summed E-state index contributed by atoms with van der Waals surface area (Å²) in [6.07, 6.45) is 1.34. The van der Waals surface area contributed by atoms with E-state index in [2.05, 4.69) is 10.5 Å². The molecule has 0 unspecified atom stereocenters. The average molecular weight is 474 g/mol. The molecule has 0 saturated carbocycles. The zero-order valence-corrected chi connectivity index (χ0v) is 19.2. The Kier molecular flexibility index (Phi) is 6.60. The second-order valence-corrected chi connectivity index (χ2v) is 9.54. The summed E-state index contributed by atoms with van der Waals surface area (Å²) in [6.45, 7) is 1.42. The van der Waals surface area contributed by atoms with Gasteiger partial charge in [0.1, 0.15) is 12.3 Å². The smallest absolute Gasteiger partial charge is 0.264 e. The van der Waals surface area contributed by atoms with Gasteiger partial charge in [-0.05, 0) is 48.0 Å². The third kappa shape index (κ3) is 4.92. The largest absolute Gasteiger partial charge is 0.507 e. The highest BCUT2D eigenvalue weighted by Gasteiger charge is 2.27. The van der Waals surface area contributed by atoms with Crippen LogP contribution in [0.2, 0.25) is 0 Å². The van der Waals surface area contributed by atoms with Gasteiger partial charge in [0.05, 0.1) is 16.8 Å². The van der Waals surface area contributed by atoms with Crippen LogP contribution in [0.1, 0.15) is 11.1 Å². The quantitative estimate of drug-likeness (QED) is 0.310. The van der Waals surface area contributed by atoms with Gasteiger partial charge in [0, 0.05) is 5.56 Å². The van der Waals surface area contributed by atoms with E-state index in [0.717, 1.165) is 20.6 Å². The molecule has 7 nitrogen and oxygen atoms in total. The van der Waals surface area contributed by atoms with Gasteiger partial charge in [0.15, 0.2) is 0 Å². The van der Waals surface area contributed by atoms with E-state index in [0.29, 0.717) is 11.3 Å². The van der Waals surface area contributed by atoms with Crippen LogP contribution in [0.15, 0.2) is 101 Å². The summed E-state index contributed by atoms with van der Waals surface area (Å²) >= 11 is 0. The van der Waals surface area contributed by atoms with Crippen molar-refractivity contribution in [3.05, 3.63) is 102 Å². The van der Waals surface area contributed by atoms with E-state index in [4.69, 9.17) is 0 Å². The minimum atomic E-state index is -3.99. The van der Waals surface area contributed by atoms with E-state index in [1.165, 1.54) is 18.3 Å². The van der Waals surface area contributed by atoms with Crippen LogP contribution in [0.3, 0.4) is 0 Å². The summed E-state index contributed by atoms with van der Waals surface area (Å²) < 4.78 is 27.7. The van der Waals surface area contributed by atoms with Crippen molar-refractivity contribution in [3.8, 4) is 5.75 Å². The molecule has 0 bridgehead atoms. The SMILES string of the molecule is Cc1ccc(N(CC(=O)NN=Cc2c(O)ccc3ccccc23)S(=O)(=O)c2ccccc2)cc1. The molecule has 0 fully saturated rings. The highest BCUT2D eigenvalue weighted by Crippen LogP contribution is 2.26. The number of phenols is 1. The molecule has 0 atom stereocenters. The molecule has 34 heavy (non-hydrogen) atoms. The molecule has 8 heteroatoms. The van der Waals surface area contributed by atoms with Gasteiger partial charge in [-0.3, -0.25) is 9.10 Å². The van der Waals surface area contributed by atoms with Crippen LogP contribution in [0.25, 0.3) is 10.8 Å².